The standard InChI is InChI=1S/C8H18N4O/c1-2-3-4-5-6-7(13)12(11)8(9)10/h2-6,11H2,1H3,(H3,9,10). The van der Waals surface area contributed by atoms with Gasteiger partial charge in [-0.25, -0.2) is 10.9 Å². The Labute approximate surface area is 78.6 Å². The highest BCUT2D eigenvalue weighted by Gasteiger charge is 2.10. The van der Waals surface area contributed by atoms with Crippen LogP contribution in [-0.4, -0.2) is 16.9 Å². The van der Waals surface area contributed by atoms with Crippen LogP contribution < -0.4 is 11.6 Å². The first-order valence-electron chi connectivity index (χ1n) is 4.51. The van der Waals surface area contributed by atoms with E-state index in [1.54, 1.807) is 0 Å². The van der Waals surface area contributed by atoms with E-state index in [0.29, 0.717) is 11.4 Å². The summed E-state index contributed by atoms with van der Waals surface area (Å²) in [7, 11) is 0. The molecular formula is C8H18N4O. The molecule has 1 amide bonds. The Morgan fingerprint density at radius 3 is 2.46 bits per heavy atom. The Morgan fingerprint density at radius 2 is 2.00 bits per heavy atom. The second-order valence-corrected chi connectivity index (χ2v) is 2.96. The minimum atomic E-state index is -0.402. The zero-order chi connectivity index (χ0) is 10.3. The van der Waals surface area contributed by atoms with Crippen LogP contribution in [0.2, 0.25) is 0 Å². The van der Waals surface area contributed by atoms with Crippen molar-refractivity contribution in [2.45, 2.75) is 39.0 Å². The van der Waals surface area contributed by atoms with E-state index < -0.39 is 5.96 Å². The lowest BCUT2D eigenvalue weighted by atomic mass is 10.1. The number of carbonyl (C=O) groups is 1. The van der Waals surface area contributed by atoms with Gasteiger partial charge in [0.15, 0.2) is 0 Å². The van der Waals surface area contributed by atoms with Crippen LogP contribution >= 0.6 is 0 Å². The molecule has 13 heavy (non-hydrogen) atoms. The summed E-state index contributed by atoms with van der Waals surface area (Å²) in [5.41, 5.74) is 5.03. The van der Waals surface area contributed by atoms with Crippen LogP contribution in [0.1, 0.15) is 39.0 Å². The first-order valence-corrected chi connectivity index (χ1v) is 4.51. The zero-order valence-electron chi connectivity index (χ0n) is 8.05. The maximum Gasteiger partial charge on any atom is 0.243 e. The van der Waals surface area contributed by atoms with E-state index in [0.717, 1.165) is 25.7 Å². The van der Waals surface area contributed by atoms with Crippen molar-refractivity contribution in [2.24, 2.45) is 11.6 Å². The van der Waals surface area contributed by atoms with Crippen molar-refractivity contribution >= 4 is 11.9 Å². The molecule has 0 saturated carbocycles. The Balaban J connectivity index is 3.56. The molecule has 0 saturated heterocycles. The van der Waals surface area contributed by atoms with E-state index >= 15 is 0 Å². The predicted molar refractivity (Wildman–Crippen MR) is 51.7 cm³/mol. The highest BCUT2D eigenvalue weighted by atomic mass is 16.2. The lowest BCUT2D eigenvalue weighted by Crippen LogP contribution is -2.46. The molecule has 0 spiro atoms. The quantitative estimate of drug-likeness (QED) is 0.146. The largest absolute Gasteiger partial charge is 0.369 e. The van der Waals surface area contributed by atoms with Gasteiger partial charge in [0, 0.05) is 6.42 Å². The van der Waals surface area contributed by atoms with Gasteiger partial charge in [-0.2, -0.15) is 0 Å². The SMILES string of the molecule is CCCCCCC(=O)N(N)C(=N)N. The summed E-state index contributed by atoms with van der Waals surface area (Å²) in [5.74, 6) is 4.52. The van der Waals surface area contributed by atoms with Gasteiger partial charge in [0.2, 0.25) is 11.9 Å². The maximum absolute atomic E-state index is 11.1. The number of nitrogens with zero attached hydrogens (tertiary/aromatic N) is 1. The monoisotopic (exact) mass is 186 g/mol. The molecule has 5 heteroatoms. The maximum atomic E-state index is 11.1. The molecule has 0 fully saturated rings. The molecule has 0 aromatic carbocycles. The van der Waals surface area contributed by atoms with Crippen LogP contribution in [0.5, 0.6) is 0 Å². The number of hydrogen-bond acceptors (Lipinski definition) is 3. The van der Waals surface area contributed by atoms with Crippen molar-refractivity contribution in [3.05, 3.63) is 0 Å². The Hall–Kier alpha value is -1.10. The van der Waals surface area contributed by atoms with E-state index in [2.05, 4.69) is 6.92 Å². The fourth-order valence-corrected chi connectivity index (χ4v) is 0.958. The number of carbonyl (C=O) groups excluding carboxylic acids is 1. The number of hydrogen-bond donors (Lipinski definition) is 3. The number of nitrogens with one attached hydrogen (secondary N) is 1. The summed E-state index contributed by atoms with van der Waals surface area (Å²) in [6.07, 6.45) is 4.46. The summed E-state index contributed by atoms with van der Waals surface area (Å²) in [4.78, 5) is 11.1. The molecule has 0 rings (SSSR count). The van der Waals surface area contributed by atoms with Gasteiger partial charge >= 0.3 is 0 Å². The molecule has 0 radical (unpaired) electrons. The van der Waals surface area contributed by atoms with Gasteiger partial charge < -0.3 is 5.73 Å². The van der Waals surface area contributed by atoms with Gasteiger partial charge in [-0.1, -0.05) is 26.2 Å². The van der Waals surface area contributed by atoms with Crippen molar-refractivity contribution in [1.29, 1.82) is 5.41 Å². The van der Waals surface area contributed by atoms with Gasteiger partial charge in [-0.3, -0.25) is 10.2 Å². The second-order valence-electron chi connectivity index (χ2n) is 2.96. The third kappa shape index (κ3) is 5.19. The summed E-state index contributed by atoms with van der Waals surface area (Å²) < 4.78 is 0. The van der Waals surface area contributed by atoms with Crippen LogP contribution in [-0.2, 0) is 4.79 Å². The summed E-state index contributed by atoms with van der Waals surface area (Å²) in [6, 6.07) is 0. The first kappa shape index (κ1) is 11.9. The third-order valence-corrected chi connectivity index (χ3v) is 1.77. The van der Waals surface area contributed by atoms with E-state index in [1.165, 1.54) is 0 Å². The zero-order valence-corrected chi connectivity index (χ0v) is 8.05. The molecule has 5 nitrogen and oxygen atoms in total. The summed E-state index contributed by atoms with van der Waals surface area (Å²) in [5, 5.41) is 7.59. The number of hydrazine groups is 1. The normalized spacial score (nSPS) is 9.69. The molecule has 0 aliphatic heterocycles. The number of unbranched alkanes of at least 4 members (excludes halogenated alkanes) is 3. The number of nitrogens with two attached hydrogens (primary N) is 2. The number of rotatable bonds is 5. The highest BCUT2D eigenvalue weighted by molar-refractivity contribution is 5.93. The third-order valence-electron chi connectivity index (χ3n) is 1.77. The molecule has 76 valence electrons. The molecule has 0 aromatic rings. The molecular weight excluding hydrogens is 168 g/mol. The number of guanidine groups is 1. The van der Waals surface area contributed by atoms with Gasteiger partial charge in [0.25, 0.3) is 0 Å². The van der Waals surface area contributed by atoms with Crippen molar-refractivity contribution in [2.75, 3.05) is 0 Å². The predicted octanol–water partition coefficient (Wildman–Crippen LogP) is 0.553. The molecule has 0 atom stereocenters. The topological polar surface area (TPSA) is 96.2 Å². The van der Waals surface area contributed by atoms with E-state index in [1.807, 2.05) is 0 Å². The van der Waals surface area contributed by atoms with E-state index in [9.17, 15) is 4.79 Å². The molecule has 5 N–H and O–H groups in total. The van der Waals surface area contributed by atoms with Crippen molar-refractivity contribution < 1.29 is 4.79 Å². The molecule has 0 unspecified atom stereocenters. The van der Waals surface area contributed by atoms with Crippen LogP contribution in [0.15, 0.2) is 0 Å². The van der Waals surface area contributed by atoms with Gasteiger partial charge in [0.1, 0.15) is 0 Å². The fourth-order valence-electron chi connectivity index (χ4n) is 0.958. The average molecular weight is 186 g/mol. The Bertz CT molecular complexity index is 181. The average Bonchev–Trinajstić information content (AvgIpc) is 2.10. The smallest absolute Gasteiger partial charge is 0.243 e. The highest BCUT2D eigenvalue weighted by Crippen LogP contribution is 2.03. The van der Waals surface area contributed by atoms with Crippen LogP contribution in [0, 0.1) is 5.41 Å². The number of amides is 1. The molecule has 0 heterocycles. The molecule has 0 aliphatic rings. The Morgan fingerprint density at radius 1 is 1.38 bits per heavy atom. The molecule has 0 aliphatic carbocycles. The first-order chi connectivity index (χ1) is 6.09. The van der Waals surface area contributed by atoms with Crippen LogP contribution in [0.4, 0.5) is 0 Å². The lowest BCUT2D eigenvalue weighted by Gasteiger charge is -2.13. The van der Waals surface area contributed by atoms with Gasteiger partial charge in [-0.05, 0) is 6.42 Å². The Kier molecular flexibility index (Phi) is 5.88. The van der Waals surface area contributed by atoms with E-state index in [4.69, 9.17) is 17.0 Å². The van der Waals surface area contributed by atoms with E-state index in [-0.39, 0.29) is 5.91 Å². The summed E-state index contributed by atoms with van der Waals surface area (Å²) in [6.45, 7) is 2.10. The second kappa shape index (κ2) is 6.42. The fraction of sp³-hybridized carbons (Fsp3) is 0.750. The van der Waals surface area contributed by atoms with Gasteiger partial charge in [0.05, 0.1) is 0 Å². The van der Waals surface area contributed by atoms with Crippen molar-refractivity contribution in [1.82, 2.24) is 5.01 Å². The lowest BCUT2D eigenvalue weighted by molar-refractivity contribution is -0.127. The van der Waals surface area contributed by atoms with Gasteiger partial charge in [-0.15, -0.1) is 0 Å². The minimum Gasteiger partial charge on any atom is -0.369 e. The van der Waals surface area contributed by atoms with Crippen LogP contribution in [0.25, 0.3) is 0 Å². The minimum absolute atomic E-state index is 0.288. The van der Waals surface area contributed by atoms with Crippen LogP contribution in [0.3, 0.4) is 0 Å². The van der Waals surface area contributed by atoms with Crippen molar-refractivity contribution in [3.8, 4) is 0 Å². The summed E-state index contributed by atoms with van der Waals surface area (Å²) >= 11 is 0. The molecule has 0 aromatic heterocycles. The van der Waals surface area contributed by atoms with Crippen molar-refractivity contribution in [3.63, 3.8) is 0 Å². The molecule has 0 bridgehead atoms.